The van der Waals surface area contributed by atoms with Gasteiger partial charge in [0.25, 0.3) is 0 Å². The Kier molecular flexibility index (Phi) is 6.93. The minimum Gasteiger partial charge on any atom is -0.416 e. The van der Waals surface area contributed by atoms with Crippen molar-refractivity contribution in [3.05, 3.63) is 36.5 Å². The Morgan fingerprint density at radius 2 is 1.84 bits per heavy atom. The lowest BCUT2D eigenvalue weighted by Crippen LogP contribution is -2.47. The molecule has 3 aromatic rings. The average Bonchev–Trinajstić information content (AvgIpc) is 3.37. The lowest BCUT2D eigenvalue weighted by atomic mass is 9.94. The summed E-state index contributed by atoms with van der Waals surface area (Å²) in [6.07, 6.45) is 5.93. The third-order valence-electron chi connectivity index (χ3n) is 7.45. The fourth-order valence-electron chi connectivity index (χ4n) is 5.39. The van der Waals surface area contributed by atoms with E-state index in [1.807, 2.05) is 12.1 Å². The molecule has 2 N–H and O–H groups in total. The maximum absolute atomic E-state index is 12.3. The van der Waals surface area contributed by atoms with Gasteiger partial charge in [-0.2, -0.15) is 0 Å². The van der Waals surface area contributed by atoms with Crippen LogP contribution in [-0.2, 0) is 14.8 Å². The summed E-state index contributed by atoms with van der Waals surface area (Å²) < 4.78 is 39.5. The number of aromatic nitrogens is 3. The second-order valence-corrected chi connectivity index (χ2v) is 12.0. The van der Waals surface area contributed by atoms with Crippen LogP contribution >= 0.6 is 0 Å². The first-order valence-electron chi connectivity index (χ1n) is 13.1. The van der Waals surface area contributed by atoms with Gasteiger partial charge in [0.05, 0.1) is 35.4 Å². The van der Waals surface area contributed by atoms with E-state index in [2.05, 4.69) is 29.7 Å². The minimum absolute atomic E-state index is 0.210. The van der Waals surface area contributed by atoms with Crippen LogP contribution in [0.15, 0.2) is 40.9 Å². The predicted octanol–water partition coefficient (Wildman–Crippen LogP) is 2.75. The molecule has 5 aliphatic rings. The molecule has 0 amide bonds. The van der Waals surface area contributed by atoms with Crippen molar-refractivity contribution in [2.24, 2.45) is 5.92 Å². The summed E-state index contributed by atoms with van der Waals surface area (Å²) >= 11 is 0. The number of hydrogen-bond acceptors (Lipinski definition) is 10. The molecule has 11 nitrogen and oxygen atoms in total. The highest BCUT2D eigenvalue weighted by atomic mass is 32.2. The van der Waals surface area contributed by atoms with Crippen molar-refractivity contribution in [1.29, 1.82) is 0 Å². The lowest BCUT2D eigenvalue weighted by molar-refractivity contribution is 0.0328. The molecule has 2 fully saturated rings. The van der Waals surface area contributed by atoms with Crippen molar-refractivity contribution >= 4 is 27.2 Å². The number of piperidine rings is 1. The fraction of sp³-hybridized carbons (Fsp3) is 0.500. The molecule has 0 aliphatic carbocycles. The second kappa shape index (κ2) is 10.5. The van der Waals surface area contributed by atoms with Gasteiger partial charge in [-0.1, -0.05) is 0 Å². The number of pyridine rings is 1. The van der Waals surface area contributed by atoms with Crippen LogP contribution < -0.4 is 14.5 Å². The number of benzene rings is 1. The van der Waals surface area contributed by atoms with Crippen LogP contribution in [0.2, 0.25) is 0 Å². The highest BCUT2D eigenvalue weighted by molar-refractivity contribution is 7.92. The molecule has 2 saturated heterocycles. The summed E-state index contributed by atoms with van der Waals surface area (Å²) in [5.41, 5.74) is 2.76. The van der Waals surface area contributed by atoms with Crippen molar-refractivity contribution in [1.82, 2.24) is 15.2 Å². The number of rotatable bonds is 4. The number of fused-ring (bicyclic) bond motifs is 1. The van der Waals surface area contributed by atoms with Crippen molar-refractivity contribution in [3.8, 4) is 22.9 Å². The summed E-state index contributed by atoms with van der Waals surface area (Å²) in [7, 11) is -3.67. The van der Waals surface area contributed by atoms with Gasteiger partial charge in [-0.3, -0.25) is 4.72 Å². The first-order chi connectivity index (χ1) is 18.5. The summed E-state index contributed by atoms with van der Waals surface area (Å²) in [6, 6.07) is 9.11. The van der Waals surface area contributed by atoms with Crippen LogP contribution in [0.1, 0.15) is 25.7 Å². The molecule has 8 bridgehead atoms. The van der Waals surface area contributed by atoms with Gasteiger partial charge in [0.2, 0.25) is 21.8 Å². The Morgan fingerprint density at radius 1 is 1.03 bits per heavy atom. The zero-order chi connectivity index (χ0) is 26.1. The Bertz CT molecular complexity index is 1380. The van der Waals surface area contributed by atoms with Gasteiger partial charge in [-0.25, -0.2) is 13.4 Å². The Labute approximate surface area is 221 Å². The van der Waals surface area contributed by atoms with Gasteiger partial charge in [0.1, 0.15) is 5.82 Å². The molecule has 0 spiro atoms. The fourth-order valence-corrected chi connectivity index (χ4v) is 6.21. The van der Waals surface area contributed by atoms with Gasteiger partial charge in [0, 0.05) is 44.5 Å². The van der Waals surface area contributed by atoms with Gasteiger partial charge in [0.15, 0.2) is 0 Å². The standard InChI is InChI=1S/C26H32N6O5S/c33-11-13-38(34,35)30-20-3-4-22-23(15-20)31-9-6-21(7-10-31)36-12-1-2-18-16-32(17-18)24-14-19(5-8-27-24)25-28-29-26(22)37-25/h3-5,8,14-15,18,21,30,33H,1-2,6-7,9-13,16-17H2. The largest absolute Gasteiger partial charge is 0.416 e. The molecule has 0 saturated carbocycles. The summed E-state index contributed by atoms with van der Waals surface area (Å²) in [4.78, 5) is 9.02. The Hall–Kier alpha value is -3.22. The third-order valence-corrected chi connectivity index (χ3v) is 8.72. The van der Waals surface area contributed by atoms with Gasteiger partial charge >= 0.3 is 0 Å². The molecule has 202 valence electrons. The molecular weight excluding hydrogens is 508 g/mol. The van der Waals surface area contributed by atoms with Gasteiger partial charge in [-0.15, -0.1) is 10.2 Å². The highest BCUT2D eigenvalue weighted by Gasteiger charge is 2.29. The summed E-state index contributed by atoms with van der Waals surface area (Å²) in [5.74, 6) is 1.95. The highest BCUT2D eigenvalue weighted by Crippen LogP contribution is 2.37. The van der Waals surface area contributed by atoms with Crippen LogP contribution in [0, 0.1) is 5.92 Å². The van der Waals surface area contributed by atoms with E-state index >= 15 is 0 Å². The van der Waals surface area contributed by atoms with Gasteiger partial charge in [-0.05, 0) is 61.9 Å². The van der Waals surface area contributed by atoms with E-state index in [0.29, 0.717) is 23.4 Å². The van der Waals surface area contributed by atoms with Crippen LogP contribution in [0.3, 0.4) is 0 Å². The molecule has 0 unspecified atom stereocenters. The zero-order valence-corrected chi connectivity index (χ0v) is 21.9. The van der Waals surface area contributed by atoms with E-state index in [1.54, 1.807) is 24.4 Å². The van der Waals surface area contributed by atoms with Crippen molar-refractivity contribution in [3.63, 3.8) is 0 Å². The molecule has 1 aromatic carbocycles. The molecule has 5 aliphatic heterocycles. The summed E-state index contributed by atoms with van der Waals surface area (Å²) in [5, 5.41) is 17.8. The number of aliphatic hydroxyl groups is 1. The smallest absolute Gasteiger partial charge is 0.250 e. The zero-order valence-electron chi connectivity index (χ0n) is 21.1. The lowest BCUT2D eigenvalue weighted by Gasteiger charge is -2.40. The molecule has 38 heavy (non-hydrogen) atoms. The molecular formula is C26H32N6O5S. The molecule has 8 rings (SSSR count). The average molecular weight is 541 g/mol. The molecule has 7 heterocycles. The Balaban J connectivity index is 1.36. The normalized spacial score (nSPS) is 21.6. The molecule has 12 heteroatoms. The van der Waals surface area contributed by atoms with Crippen molar-refractivity contribution in [2.45, 2.75) is 31.8 Å². The first kappa shape index (κ1) is 25.1. The van der Waals surface area contributed by atoms with E-state index < -0.39 is 16.6 Å². The summed E-state index contributed by atoms with van der Waals surface area (Å²) in [6.45, 7) is 3.82. The van der Waals surface area contributed by atoms with Crippen molar-refractivity contribution < 1.29 is 22.7 Å². The van der Waals surface area contributed by atoms with Gasteiger partial charge < -0.3 is 24.1 Å². The second-order valence-electron chi connectivity index (χ2n) is 10.2. The van der Waals surface area contributed by atoms with Crippen LogP contribution in [0.25, 0.3) is 22.9 Å². The minimum atomic E-state index is -3.67. The third kappa shape index (κ3) is 5.33. The molecule has 2 aromatic heterocycles. The number of nitrogens with one attached hydrogen (secondary N) is 1. The van der Waals surface area contributed by atoms with E-state index in [4.69, 9.17) is 14.3 Å². The van der Waals surface area contributed by atoms with E-state index in [-0.39, 0.29) is 11.9 Å². The number of ether oxygens (including phenoxy) is 1. The molecule has 0 radical (unpaired) electrons. The topological polar surface area (TPSA) is 134 Å². The number of anilines is 3. The monoisotopic (exact) mass is 540 g/mol. The van der Waals surface area contributed by atoms with E-state index in [1.165, 1.54) is 0 Å². The van der Waals surface area contributed by atoms with Crippen LogP contribution in [0.5, 0.6) is 0 Å². The van der Waals surface area contributed by atoms with Crippen LogP contribution in [-0.4, -0.2) is 80.0 Å². The first-order valence-corrected chi connectivity index (χ1v) is 14.8. The van der Waals surface area contributed by atoms with E-state index in [0.717, 1.165) is 81.1 Å². The SMILES string of the molecule is O=S(=O)(CCO)Nc1ccc2c(c1)N1CCC(CC1)OCCCC1CN(C1)c1cc(ccn1)-c1nnc-2o1. The van der Waals surface area contributed by atoms with E-state index in [9.17, 15) is 8.42 Å². The quantitative estimate of drug-likeness (QED) is 0.509. The van der Waals surface area contributed by atoms with Crippen molar-refractivity contribution in [2.75, 3.05) is 59.7 Å². The predicted molar refractivity (Wildman–Crippen MR) is 144 cm³/mol. The maximum Gasteiger partial charge on any atom is 0.250 e. The number of sulfonamides is 1. The maximum atomic E-state index is 12.3. The number of hydrogen-bond donors (Lipinski definition) is 2. The number of aliphatic hydroxyl groups excluding tert-OH is 1. The molecule has 0 atom stereocenters. The Morgan fingerprint density at radius 3 is 2.66 bits per heavy atom. The number of nitrogens with zero attached hydrogens (tertiary/aromatic N) is 5. The van der Waals surface area contributed by atoms with Crippen LogP contribution in [0.4, 0.5) is 17.2 Å².